The van der Waals surface area contributed by atoms with Gasteiger partial charge in [0.15, 0.2) is 9.84 Å². The van der Waals surface area contributed by atoms with Crippen molar-refractivity contribution in [2.45, 2.75) is 56.7 Å². The number of nitrogen functional groups attached to an aromatic ring is 1. The minimum absolute atomic E-state index is 0.0397. The lowest BCUT2D eigenvalue weighted by atomic mass is 10.2. The molecule has 0 radical (unpaired) electrons. The average molecular weight is 312 g/mol. The van der Waals surface area contributed by atoms with Gasteiger partial charge in [0.1, 0.15) is 5.25 Å². The quantitative estimate of drug-likeness (QED) is 0.787. The first-order valence-corrected chi connectivity index (χ1v) is 8.65. The molecule has 0 saturated heterocycles. The number of amides is 1. The molecule has 1 amide bonds. The monoisotopic (exact) mass is 312 g/mol. The van der Waals surface area contributed by atoms with Gasteiger partial charge in [-0.15, -0.1) is 0 Å². The Labute approximate surface area is 126 Å². The van der Waals surface area contributed by atoms with Crippen LogP contribution in [-0.4, -0.2) is 25.6 Å². The van der Waals surface area contributed by atoms with Crippen LogP contribution in [0.4, 0.5) is 5.69 Å². The van der Waals surface area contributed by atoms with Gasteiger partial charge in [-0.25, -0.2) is 8.42 Å². The number of hydrogen-bond donors (Lipinski definition) is 2. The minimum Gasteiger partial charge on any atom is -0.398 e. The minimum atomic E-state index is -3.74. The van der Waals surface area contributed by atoms with Crippen LogP contribution in [0.3, 0.4) is 0 Å². The molecule has 0 saturated carbocycles. The molecule has 21 heavy (non-hydrogen) atoms. The molecule has 118 valence electrons. The Hall–Kier alpha value is -1.56. The molecule has 1 aromatic rings. The molecule has 3 N–H and O–H groups in total. The highest BCUT2D eigenvalue weighted by atomic mass is 32.2. The number of hydrogen-bond acceptors (Lipinski definition) is 4. The van der Waals surface area contributed by atoms with Crippen molar-refractivity contribution in [1.82, 2.24) is 5.32 Å². The molecule has 5 nitrogen and oxygen atoms in total. The van der Waals surface area contributed by atoms with Gasteiger partial charge >= 0.3 is 0 Å². The van der Waals surface area contributed by atoms with Crippen molar-refractivity contribution < 1.29 is 13.2 Å². The van der Waals surface area contributed by atoms with E-state index in [0.29, 0.717) is 11.3 Å². The molecule has 0 heterocycles. The highest BCUT2D eigenvalue weighted by Gasteiger charge is 2.31. The summed E-state index contributed by atoms with van der Waals surface area (Å²) < 4.78 is 25.1. The fourth-order valence-corrected chi connectivity index (χ4v) is 3.68. The molecule has 1 rings (SSSR count). The standard InChI is InChI=1S/C15H24N2O3S/c1-5-7-10(2)17-15(18)12(4)21(19,20)14-9-6-8-13(16)11(14)3/h6,8-10,12H,5,7,16H2,1-4H3,(H,17,18). The van der Waals surface area contributed by atoms with Crippen molar-refractivity contribution in [3.8, 4) is 0 Å². The fraction of sp³-hybridized carbons (Fsp3) is 0.533. The van der Waals surface area contributed by atoms with Crippen LogP contribution < -0.4 is 11.1 Å². The lowest BCUT2D eigenvalue weighted by molar-refractivity contribution is -0.121. The molecule has 0 aliphatic heterocycles. The first kappa shape index (κ1) is 17.5. The van der Waals surface area contributed by atoms with E-state index in [1.54, 1.807) is 19.1 Å². The molecule has 0 spiro atoms. The van der Waals surface area contributed by atoms with E-state index in [1.165, 1.54) is 13.0 Å². The van der Waals surface area contributed by atoms with E-state index in [2.05, 4.69) is 5.32 Å². The van der Waals surface area contributed by atoms with Crippen molar-refractivity contribution in [2.24, 2.45) is 0 Å². The molecule has 0 aromatic heterocycles. The third-order valence-electron chi connectivity index (χ3n) is 3.58. The van der Waals surface area contributed by atoms with Crippen molar-refractivity contribution in [3.63, 3.8) is 0 Å². The van der Waals surface area contributed by atoms with Crippen LogP contribution in [0.2, 0.25) is 0 Å². The van der Waals surface area contributed by atoms with Gasteiger partial charge in [-0.2, -0.15) is 0 Å². The summed E-state index contributed by atoms with van der Waals surface area (Å²) in [6.07, 6.45) is 1.74. The summed E-state index contributed by atoms with van der Waals surface area (Å²) in [5.41, 5.74) is 6.64. The first-order chi connectivity index (χ1) is 9.71. The molecule has 0 fully saturated rings. The number of sulfone groups is 1. The zero-order valence-electron chi connectivity index (χ0n) is 13.0. The number of nitrogens with two attached hydrogens (primary N) is 1. The van der Waals surface area contributed by atoms with Crippen LogP contribution in [0.1, 0.15) is 39.2 Å². The Morgan fingerprint density at radius 2 is 1.95 bits per heavy atom. The summed E-state index contributed by atoms with van der Waals surface area (Å²) >= 11 is 0. The van der Waals surface area contributed by atoms with Crippen LogP contribution in [-0.2, 0) is 14.6 Å². The van der Waals surface area contributed by atoms with Gasteiger partial charge in [0.05, 0.1) is 4.90 Å². The Bertz CT molecular complexity index is 611. The molecule has 6 heteroatoms. The highest BCUT2D eigenvalue weighted by Crippen LogP contribution is 2.24. The summed E-state index contributed by atoms with van der Waals surface area (Å²) in [6, 6.07) is 4.67. The summed E-state index contributed by atoms with van der Waals surface area (Å²) in [5, 5.41) is 1.60. The zero-order valence-corrected chi connectivity index (χ0v) is 13.8. The summed E-state index contributed by atoms with van der Waals surface area (Å²) in [4.78, 5) is 12.2. The van der Waals surface area contributed by atoms with Crippen LogP contribution >= 0.6 is 0 Å². The number of carbonyl (C=O) groups excluding carboxylic acids is 1. The van der Waals surface area contributed by atoms with Gasteiger partial charge in [-0.3, -0.25) is 4.79 Å². The van der Waals surface area contributed by atoms with Gasteiger partial charge in [0.2, 0.25) is 5.91 Å². The van der Waals surface area contributed by atoms with E-state index in [9.17, 15) is 13.2 Å². The summed E-state index contributed by atoms with van der Waals surface area (Å²) in [6.45, 7) is 6.93. The largest absolute Gasteiger partial charge is 0.398 e. The highest BCUT2D eigenvalue weighted by molar-refractivity contribution is 7.92. The molecular weight excluding hydrogens is 288 g/mol. The number of nitrogens with one attached hydrogen (secondary N) is 1. The Morgan fingerprint density at radius 1 is 1.33 bits per heavy atom. The maximum absolute atomic E-state index is 12.6. The molecule has 2 unspecified atom stereocenters. The second-order valence-corrected chi connectivity index (χ2v) is 7.59. The second kappa shape index (κ2) is 6.93. The van der Waals surface area contributed by atoms with Gasteiger partial charge in [0, 0.05) is 11.7 Å². The lowest BCUT2D eigenvalue weighted by Gasteiger charge is -2.18. The zero-order chi connectivity index (χ0) is 16.2. The molecular formula is C15H24N2O3S. The SMILES string of the molecule is CCCC(C)NC(=O)C(C)S(=O)(=O)c1cccc(N)c1C. The normalized spacial score (nSPS) is 14.5. The number of benzene rings is 1. The average Bonchev–Trinajstić information content (AvgIpc) is 2.40. The molecule has 2 atom stereocenters. The first-order valence-electron chi connectivity index (χ1n) is 7.11. The summed E-state index contributed by atoms with van der Waals surface area (Å²) in [5.74, 6) is -0.474. The molecule has 0 aliphatic carbocycles. The smallest absolute Gasteiger partial charge is 0.238 e. The topological polar surface area (TPSA) is 89.3 Å². The van der Waals surface area contributed by atoms with Crippen molar-refractivity contribution in [1.29, 1.82) is 0 Å². The Kier molecular flexibility index (Phi) is 5.78. The van der Waals surface area contributed by atoms with Gasteiger partial charge < -0.3 is 11.1 Å². The number of anilines is 1. The predicted molar refractivity (Wildman–Crippen MR) is 84.8 cm³/mol. The van der Waals surface area contributed by atoms with Gasteiger partial charge in [-0.1, -0.05) is 19.4 Å². The van der Waals surface area contributed by atoms with Crippen molar-refractivity contribution in [3.05, 3.63) is 23.8 Å². The molecule has 0 aliphatic rings. The second-order valence-electron chi connectivity index (χ2n) is 5.36. The maximum Gasteiger partial charge on any atom is 0.238 e. The lowest BCUT2D eigenvalue weighted by Crippen LogP contribution is -2.42. The van der Waals surface area contributed by atoms with E-state index in [4.69, 9.17) is 5.73 Å². The van der Waals surface area contributed by atoms with E-state index in [-0.39, 0.29) is 10.9 Å². The van der Waals surface area contributed by atoms with Crippen LogP contribution in [0.15, 0.2) is 23.1 Å². The van der Waals surface area contributed by atoms with E-state index >= 15 is 0 Å². The molecule has 0 bridgehead atoms. The van der Waals surface area contributed by atoms with Crippen molar-refractivity contribution >= 4 is 21.4 Å². The van der Waals surface area contributed by atoms with Crippen LogP contribution in [0.5, 0.6) is 0 Å². The third-order valence-corrected chi connectivity index (χ3v) is 5.78. The number of rotatable bonds is 6. The Balaban J connectivity index is 3.02. The van der Waals surface area contributed by atoms with E-state index in [1.807, 2.05) is 13.8 Å². The van der Waals surface area contributed by atoms with Gasteiger partial charge in [0.25, 0.3) is 0 Å². The fourth-order valence-electron chi connectivity index (χ4n) is 2.14. The number of carbonyl (C=O) groups is 1. The van der Waals surface area contributed by atoms with E-state index in [0.717, 1.165) is 12.8 Å². The molecule has 1 aromatic carbocycles. The van der Waals surface area contributed by atoms with Crippen LogP contribution in [0, 0.1) is 6.92 Å². The Morgan fingerprint density at radius 3 is 2.52 bits per heavy atom. The maximum atomic E-state index is 12.6. The predicted octanol–water partition coefficient (Wildman–Crippen LogP) is 2.04. The third kappa shape index (κ3) is 3.97. The van der Waals surface area contributed by atoms with E-state index < -0.39 is 21.0 Å². The van der Waals surface area contributed by atoms with Crippen LogP contribution in [0.25, 0.3) is 0 Å². The van der Waals surface area contributed by atoms with Crippen molar-refractivity contribution in [2.75, 3.05) is 5.73 Å². The van der Waals surface area contributed by atoms with Gasteiger partial charge in [-0.05, 0) is 44.9 Å². The summed E-state index contributed by atoms with van der Waals surface area (Å²) in [7, 11) is -3.74.